The summed E-state index contributed by atoms with van der Waals surface area (Å²) in [5, 5.41) is 13.9. The van der Waals surface area contributed by atoms with Gasteiger partial charge >= 0.3 is 6.18 Å². The molecule has 0 unspecified atom stereocenters. The number of hydrogen-bond donors (Lipinski definition) is 2. The highest BCUT2D eigenvalue weighted by Crippen LogP contribution is 2.18. The Hall–Kier alpha value is -2.78. The highest BCUT2D eigenvalue weighted by atomic mass is 19.4. The van der Waals surface area contributed by atoms with Crippen molar-refractivity contribution in [3.05, 3.63) is 42.5 Å². The van der Waals surface area contributed by atoms with Gasteiger partial charge in [-0.05, 0) is 30.5 Å². The van der Waals surface area contributed by atoms with Crippen LogP contribution in [0.1, 0.15) is 18.4 Å². The van der Waals surface area contributed by atoms with Crippen molar-refractivity contribution in [2.45, 2.75) is 32.1 Å². The van der Waals surface area contributed by atoms with Crippen molar-refractivity contribution >= 4 is 5.96 Å². The van der Waals surface area contributed by atoms with Gasteiger partial charge in [0, 0.05) is 26.7 Å². The smallest absolute Gasteiger partial charge is 0.422 e. The first kappa shape index (κ1) is 20.5. The molecule has 0 amide bonds. The van der Waals surface area contributed by atoms with Gasteiger partial charge in [0.25, 0.3) is 0 Å². The van der Waals surface area contributed by atoms with Crippen molar-refractivity contribution in [1.82, 2.24) is 25.4 Å². The van der Waals surface area contributed by atoms with E-state index >= 15 is 0 Å². The van der Waals surface area contributed by atoms with Crippen molar-refractivity contribution in [1.29, 1.82) is 0 Å². The Morgan fingerprint density at radius 1 is 1.11 bits per heavy atom. The SMILES string of the molecule is CN=C(NCCCCn1cnnc1)NCc1ccc(OCC(F)(F)F)cc1. The van der Waals surface area contributed by atoms with Crippen LogP contribution in [-0.4, -0.2) is 47.1 Å². The Kier molecular flexibility index (Phi) is 7.90. The second-order valence-corrected chi connectivity index (χ2v) is 5.81. The van der Waals surface area contributed by atoms with Crippen LogP contribution in [0.5, 0.6) is 5.75 Å². The average Bonchev–Trinajstić information content (AvgIpc) is 3.16. The molecule has 7 nitrogen and oxygen atoms in total. The molecular formula is C17H23F3N6O. The minimum Gasteiger partial charge on any atom is -0.484 e. The number of ether oxygens (including phenoxy) is 1. The lowest BCUT2D eigenvalue weighted by Crippen LogP contribution is -2.37. The number of benzene rings is 1. The molecule has 0 aliphatic heterocycles. The van der Waals surface area contributed by atoms with Crippen molar-refractivity contribution < 1.29 is 17.9 Å². The number of nitrogens with one attached hydrogen (secondary N) is 2. The molecule has 0 spiro atoms. The van der Waals surface area contributed by atoms with Crippen LogP contribution in [0, 0.1) is 0 Å². The summed E-state index contributed by atoms with van der Waals surface area (Å²) in [5.74, 6) is 0.850. The zero-order chi connectivity index (χ0) is 19.5. The van der Waals surface area contributed by atoms with Crippen molar-refractivity contribution in [3.8, 4) is 5.75 Å². The van der Waals surface area contributed by atoms with Crippen LogP contribution in [0.2, 0.25) is 0 Å². The van der Waals surface area contributed by atoms with E-state index in [1.54, 1.807) is 31.8 Å². The molecule has 2 rings (SSSR count). The lowest BCUT2D eigenvalue weighted by Gasteiger charge is -2.13. The van der Waals surface area contributed by atoms with Crippen LogP contribution < -0.4 is 15.4 Å². The van der Waals surface area contributed by atoms with E-state index in [4.69, 9.17) is 0 Å². The standard InChI is InChI=1S/C17H23F3N6O/c1-21-16(22-8-2-3-9-26-12-24-25-13-26)23-10-14-4-6-15(7-5-14)27-11-17(18,19)20/h4-7,12-13H,2-3,8-11H2,1H3,(H2,21,22,23). The first-order valence-electron chi connectivity index (χ1n) is 8.52. The molecular weight excluding hydrogens is 361 g/mol. The van der Waals surface area contributed by atoms with Crippen molar-refractivity contribution in [2.75, 3.05) is 20.2 Å². The quantitative estimate of drug-likeness (QED) is 0.394. The van der Waals surface area contributed by atoms with Crippen molar-refractivity contribution in [2.24, 2.45) is 4.99 Å². The number of hydrogen-bond acceptors (Lipinski definition) is 4. The third kappa shape index (κ3) is 8.43. The van der Waals surface area contributed by atoms with Gasteiger partial charge in [0.1, 0.15) is 18.4 Å². The first-order chi connectivity index (χ1) is 13.0. The van der Waals surface area contributed by atoms with Gasteiger partial charge in [-0.25, -0.2) is 0 Å². The lowest BCUT2D eigenvalue weighted by molar-refractivity contribution is -0.153. The highest BCUT2D eigenvalue weighted by molar-refractivity contribution is 5.79. The van der Waals surface area contributed by atoms with E-state index in [0.717, 1.165) is 31.5 Å². The summed E-state index contributed by atoms with van der Waals surface area (Å²) in [6, 6.07) is 6.46. The predicted octanol–water partition coefficient (Wildman–Crippen LogP) is 2.36. The molecule has 148 valence electrons. The van der Waals surface area contributed by atoms with Gasteiger partial charge < -0.3 is 19.9 Å². The number of nitrogens with zero attached hydrogens (tertiary/aromatic N) is 4. The highest BCUT2D eigenvalue weighted by Gasteiger charge is 2.28. The molecule has 0 fully saturated rings. The fourth-order valence-corrected chi connectivity index (χ4v) is 2.24. The summed E-state index contributed by atoms with van der Waals surface area (Å²) in [6.45, 7) is 0.841. The molecule has 0 radical (unpaired) electrons. The van der Waals surface area contributed by atoms with E-state index < -0.39 is 12.8 Å². The minimum atomic E-state index is -4.34. The van der Waals surface area contributed by atoms with Gasteiger partial charge in [-0.3, -0.25) is 4.99 Å². The van der Waals surface area contributed by atoms with Gasteiger partial charge in [-0.15, -0.1) is 10.2 Å². The van der Waals surface area contributed by atoms with E-state index in [0.29, 0.717) is 12.5 Å². The van der Waals surface area contributed by atoms with Gasteiger partial charge in [-0.2, -0.15) is 13.2 Å². The van der Waals surface area contributed by atoms with Crippen LogP contribution in [0.25, 0.3) is 0 Å². The third-order valence-electron chi connectivity index (χ3n) is 3.61. The largest absolute Gasteiger partial charge is 0.484 e. The molecule has 0 atom stereocenters. The van der Waals surface area contributed by atoms with Gasteiger partial charge in [-0.1, -0.05) is 12.1 Å². The molecule has 0 saturated carbocycles. The Balaban J connectivity index is 1.64. The molecule has 0 saturated heterocycles. The Labute approximate surface area is 155 Å². The maximum Gasteiger partial charge on any atom is 0.422 e. The minimum absolute atomic E-state index is 0.187. The zero-order valence-corrected chi connectivity index (χ0v) is 15.0. The van der Waals surface area contributed by atoms with Crippen molar-refractivity contribution in [3.63, 3.8) is 0 Å². The van der Waals surface area contributed by atoms with Crippen LogP contribution in [0.3, 0.4) is 0 Å². The summed E-state index contributed by atoms with van der Waals surface area (Å²) < 4.78 is 43.0. The normalized spacial score (nSPS) is 12.1. The molecule has 0 aliphatic rings. The van der Waals surface area contributed by atoms with Crippen LogP contribution >= 0.6 is 0 Å². The van der Waals surface area contributed by atoms with Gasteiger partial charge in [0.15, 0.2) is 12.6 Å². The summed E-state index contributed by atoms with van der Waals surface area (Å²) >= 11 is 0. The summed E-state index contributed by atoms with van der Waals surface area (Å²) in [5.41, 5.74) is 0.907. The topological polar surface area (TPSA) is 76.4 Å². The predicted molar refractivity (Wildman–Crippen MR) is 95.4 cm³/mol. The van der Waals surface area contributed by atoms with E-state index in [1.807, 2.05) is 4.57 Å². The maximum absolute atomic E-state index is 12.1. The molecule has 0 aliphatic carbocycles. The number of rotatable bonds is 9. The number of aryl methyl sites for hydroxylation is 1. The number of unbranched alkanes of at least 4 members (excludes halogenated alkanes) is 1. The number of alkyl halides is 3. The Morgan fingerprint density at radius 2 is 1.81 bits per heavy atom. The average molecular weight is 384 g/mol. The van der Waals surface area contributed by atoms with Gasteiger partial charge in [0.2, 0.25) is 0 Å². The second kappa shape index (κ2) is 10.4. The Morgan fingerprint density at radius 3 is 2.44 bits per heavy atom. The second-order valence-electron chi connectivity index (χ2n) is 5.81. The number of aromatic nitrogens is 3. The summed E-state index contributed by atoms with van der Waals surface area (Å²) in [7, 11) is 1.68. The summed E-state index contributed by atoms with van der Waals surface area (Å²) in [4.78, 5) is 4.14. The Bertz CT molecular complexity index is 686. The molecule has 10 heteroatoms. The van der Waals surface area contributed by atoms with Crippen LogP contribution in [0.15, 0.2) is 41.9 Å². The van der Waals surface area contributed by atoms with Gasteiger partial charge in [0.05, 0.1) is 0 Å². The number of aliphatic imine (C=N–C) groups is 1. The fraction of sp³-hybridized carbons (Fsp3) is 0.471. The van der Waals surface area contributed by atoms with E-state index in [-0.39, 0.29) is 5.75 Å². The molecule has 2 aromatic rings. The number of guanidine groups is 1. The molecule has 0 bridgehead atoms. The van der Waals surface area contributed by atoms with E-state index in [9.17, 15) is 13.2 Å². The fourth-order valence-electron chi connectivity index (χ4n) is 2.24. The first-order valence-corrected chi connectivity index (χ1v) is 8.52. The molecule has 1 heterocycles. The van der Waals surface area contributed by atoms with Crippen LogP contribution in [-0.2, 0) is 13.1 Å². The molecule has 1 aromatic heterocycles. The lowest BCUT2D eigenvalue weighted by atomic mass is 10.2. The van der Waals surface area contributed by atoms with E-state index in [1.165, 1.54) is 12.1 Å². The summed E-state index contributed by atoms with van der Waals surface area (Å²) in [6.07, 6.45) is 0.986. The monoisotopic (exact) mass is 384 g/mol. The molecule has 2 N–H and O–H groups in total. The third-order valence-corrected chi connectivity index (χ3v) is 3.61. The van der Waals surface area contributed by atoms with Crippen LogP contribution in [0.4, 0.5) is 13.2 Å². The van der Waals surface area contributed by atoms with E-state index in [2.05, 4.69) is 30.6 Å². The molecule has 1 aromatic carbocycles. The maximum atomic E-state index is 12.1. The zero-order valence-electron chi connectivity index (χ0n) is 15.0. The molecule has 27 heavy (non-hydrogen) atoms. The number of halogens is 3.